The van der Waals surface area contributed by atoms with Crippen LogP contribution in [0.15, 0.2) is 60.7 Å². The molecule has 0 radical (unpaired) electrons. The third kappa shape index (κ3) is 3.55. The number of methoxy groups -OCH3 is 1. The first-order valence-electron chi connectivity index (χ1n) is 8.69. The van der Waals surface area contributed by atoms with Crippen molar-refractivity contribution >= 4 is 33.6 Å². The zero-order valence-electron chi connectivity index (χ0n) is 15.2. The highest BCUT2D eigenvalue weighted by atomic mass is 16.5. The van der Waals surface area contributed by atoms with E-state index in [1.807, 2.05) is 48.5 Å². The summed E-state index contributed by atoms with van der Waals surface area (Å²) in [6.45, 7) is -0.432. The zero-order chi connectivity index (χ0) is 19.5. The maximum absolute atomic E-state index is 12.4. The lowest BCUT2D eigenvalue weighted by molar-refractivity contribution is -0.143. The summed E-state index contributed by atoms with van der Waals surface area (Å²) in [6.07, 6.45) is 0. The molecule has 0 fully saturated rings. The van der Waals surface area contributed by atoms with Crippen LogP contribution in [0.2, 0.25) is 0 Å². The Morgan fingerprint density at radius 3 is 2.64 bits per heavy atom. The quantitative estimate of drug-likeness (QED) is 0.380. The van der Waals surface area contributed by atoms with Gasteiger partial charge in [0.25, 0.3) is 0 Å². The molecule has 0 aliphatic rings. The number of hydrogen-bond donors (Lipinski definition) is 0. The van der Waals surface area contributed by atoms with Crippen LogP contribution in [0, 0.1) is 0 Å². The van der Waals surface area contributed by atoms with E-state index < -0.39 is 5.97 Å². The van der Waals surface area contributed by atoms with E-state index in [4.69, 9.17) is 9.47 Å². The molecule has 0 aliphatic carbocycles. The van der Waals surface area contributed by atoms with E-state index in [1.54, 1.807) is 19.2 Å². The number of benzene rings is 3. The average Bonchev–Trinajstić information content (AvgIpc) is 3.14. The van der Waals surface area contributed by atoms with Crippen molar-refractivity contribution in [2.75, 3.05) is 13.7 Å². The van der Waals surface area contributed by atoms with Gasteiger partial charge in [-0.2, -0.15) is 0 Å². The predicted molar refractivity (Wildman–Crippen MR) is 103 cm³/mol. The normalized spacial score (nSPS) is 10.9. The number of carbonyl (C=O) groups is 2. The SMILES string of the molecule is COc1ccc2cc(C(=O)COC(=O)Cn3nnc4ccccc43)ccc2c1. The molecular formula is C21H17N3O4. The van der Waals surface area contributed by atoms with Crippen LogP contribution >= 0.6 is 0 Å². The van der Waals surface area contributed by atoms with Gasteiger partial charge in [0.15, 0.2) is 12.4 Å². The fraction of sp³-hybridized carbons (Fsp3) is 0.143. The molecule has 3 aromatic carbocycles. The fourth-order valence-corrected chi connectivity index (χ4v) is 2.96. The largest absolute Gasteiger partial charge is 0.497 e. The monoisotopic (exact) mass is 375 g/mol. The lowest BCUT2D eigenvalue weighted by atomic mass is 10.0. The van der Waals surface area contributed by atoms with Crippen LogP contribution in [0.4, 0.5) is 0 Å². The molecule has 0 atom stereocenters. The Bertz CT molecular complexity index is 1180. The molecule has 28 heavy (non-hydrogen) atoms. The van der Waals surface area contributed by atoms with Gasteiger partial charge in [-0.3, -0.25) is 9.59 Å². The third-order valence-corrected chi connectivity index (χ3v) is 4.43. The number of esters is 1. The number of ether oxygens (including phenoxy) is 2. The predicted octanol–water partition coefficient (Wildman–Crippen LogP) is 3.02. The van der Waals surface area contributed by atoms with Crippen LogP contribution in [0.3, 0.4) is 0 Å². The van der Waals surface area contributed by atoms with Gasteiger partial charge in [-0.25, -0.2) is 4.68 Å². The van der Waals surface area contributed by atoms with Gasteiger partial charge in [-0.1, -0.05) is 35.5 Å². The Balaban J connectivity index is 1.41. The van der Waals surface area contributed by atoms with Gasteiger partial charge in [0.05, 0.1) is 12.6 Å². The summed E-state index contributed by atoms with van der Waals surface area (Å²) in [5.41, 5.74) is 1.91. The smallest absolute Gasteiger partial charge is 0.328 e. The number of fused-ring (bicyclic) bond motifs is 2. The van der Waals surface area contributed by atoms with E-state index >= 15 is 0 Å². The summed E-state index contributed by atoms with van der Waals surface area (Å²) >= 11 is 0. The van der Waals surface area contributed by atoms with Crippen molar-refractivity contribution in [3.8, 4) is 5.75 Å². The Hall–Kier alpha value is -3.74. The number of nitrogens with zero attached hydrogens (tertiary/aromatic N) is 3. The van der Waals surface area contributed by atoms with Crippen LogP contribution in [-0.4, -0.2) is 40.5 Å². The van der Waals surface area contributed by atoms with E-state index in [-0.39, 0.29) is 18.9 Å². The molecule has 1 aromatic heterocycles. The minimum atomic E-state index is -0.547. The molecule has 140 valence electrons. The van der Waals surface area contributed by atoms with Crippen molar-refractivity contribution in [3.05, 3.63) is 66.2 Å². The fourth-order valence-electron chi connectivity index (χ4n) is 2.96. The molecule has 0 unspecified atom stereocenters. The molecule has 0 N–H and O–H groups in total. The second kappa shape index (κ2) is 7.48. The lowest BCUT2D eigenvalue weighted by Gasteiger charge is -2.07. The summed E-state index contributed by atoms with van der Waals surface area (Å²) in [5, 5.41) is 9.80. The van der Waals surface area contributed by atoms with Gasteiger partial charge in [0.2, 0.25) is 0 Å². The van der Waals surface area contributed by atoms with Crippen LogP contribution in [0.1, 0.15) is 10.4 Å². The molecule has 0 aliphatic heterocycles. The van der Waals surface area contributed by atoms with Crippen molar-refractivity contribution in [3.63, 3.8) is 0 Å². The molecule has 0 spiro atoms. The van der Waals surface area contributed by atoms with Crippen molar-refractivity contribution in [2.45, 2.75) is 6.54 Å². The summed E-state index contributed by atoms with van der Waals surface area (Å²) in [4.78, 5) is 24.5. The number of carbonyl (C=O) groups excluding carboxylic acids is 2. The van der Waals surface area contributed by atoms with Gasteiger partial charge >= 0.3 is 5.97 Å². The van der Waals surface area contributed by atoms with Crippen LogP contribution in [-0.2, 0) is 16.1 Å². The number of ketones is 1. The molecule has 0 amide bonds. The van der Waals surface area contributed by atoms with Gasteiger partial charge in [-0.15, -0.1) is 5.10 Å². The highest BCUT2D eigenvalue weighted by Crippen LogP contribution is 2.22. The maximum atomic E-state index is 12.4. The first-order valence-corrected chi connectivity index (χ1v) is 8.69. The van der Waals surface area contributed by atoms with Crippen LogP contribution < -0.4 is 4.74 Å². The average molecular weight is 375 g/mol. The van der Waals surface area contributed by atoms with Crippen molar-refractivity contribution in [1.82, 2.24) is 15.0 Å². The van der Waals surface area contributed by atoms with Gasteiger partial charge in [-0.05, 0) is 41.1 Å². The first-order chi connectivity index (χ1) is 13.6. The molecule has 0 saturated carbocycles. The lowest BCUT2D eigenvalue weighted by Crippen LogP contribution is -2.19. The minimum Gasteiger partial charge on any atom is -0.497 e. The van der Waals surface area contributed by atoms with Crippen molar-refractivity contribution in [2.24, 2.45) is 0 Å². The second-order valence-corrected chi connectivity index (χ2v) is 6.25. The standard InChI is InChI=1S/C21H17N3O4/c1-27-17-9-8-14-10-16(7-6-15(14)11-17)20(25)13-28-21(26)12-24-19-5-3-2-4-18(19)22-23-24/h2-11H,12-13H2,1H3. The van der Waals surface area contributed by atoms with Gasteiger partial charge in [0.1, 0.15) is 17.8 Å². The van der Waals surface area contributed by atoms with Crippen molar-refractivity contribution < 1.29 is 19.1 Å². The Morgan fingerprint density at radius 1 is 1.00 bits per heavy atom. The summed E-state index contributed by atoms with van der Waals surface area (Å²) in [6, 6.07) is 18.2. The molecular weight excluding hydrogens is 358 g/mol. The highest BCUT2D eigenvalue weighted by molar-refractivity contribution is 6.01. The third-order valence-electron chi connectivity index (χ3n) is 4.43. The number of Topliss-reactive ketones (excluding diaryl/α,β-unsaturated/α-hetero) is 1. The molecule has 0 bridgehead atoms. The topological polar surface area (TPSA) is 83.3 Å². The van der Waals surface area contributed by atoms with Crippen LogP contribution in [0.25, 0.3) is 21.8 Å². The van der Waals surface area contributed by atoms with Crippen LogP contribution in [0.5, 0.6) is 5.75 Å². The zero-order valence-corrected chi connectivity index (χ0v) is 15.2. The highest BCUT2D eigenvalue weighted by Gasteiger charge is 2.13. The van der Waals surface area contributed by atoms with Crippen molar-refractivity contribution in [1.29, 1.82) is 0 Å². The Labute approximate surface area is 160 Å². The maximum Gasteiger partial charge on any atom is 0.328 e. The molecule has 7 nitrogen and oxygen atoms in total. The number of rotatable bonds is 6. The summed E-state index contributed by atoms with van der Waals surface area (Å²) in [7, 11) is 1.61. The summed E-state index contributed by atoms with van der Waals surface area (Å²) < 4.78 is 11.8. The molecule has 1 heterocycles. The minimum absolute atomic E-state index is 0.106. The number of hydrogen-bond acceptors (Lipinski definition) is 6. The molecule has 0 saturated heterocycles. The van der Waals surface area contributed by atoms with Gasteiger partial charge in [0, 0.05) is 5.56 Å². The Morgan fingerprint density at radius 2 is 1.79 bits per heavy atom. The molecule has 4 aromatic rings. The number of aromatic nitrogens is 3. The van der Waals surface area contributed by atoms with E-state index in [1.165, 1.54) is 4.68 Å². The summed E-state index contributed by atoms with van der Waals surface area (Å²) in [5.74, 6) is -0.0646. The van der Waals surface area contributed by atoms with E-state index in [2.05, 4.69) is 10.3 Å². The van der Waals surface area contributed by atoms with Gasteiger partial charge < -0.3 is 9.47 Å². The van der Waals surface area contributed by atoms with E-state index in [9.17, 15) is 9.59 Å². The first kappa shape index (κ1) is 17.7. The molecule has 4 rings (SSSR count). The van der Waals surface area contributed by atoms with E-state index in [0.717, 1.165) is 22.0 Å². The number of para-hydroxylation sites is 1. The second-order valence-electron chi connectivity index (χ2n) is 6.25. The van der Waals surface area contributed by atoms with E-state index in [0.29, 0.717) is 11.1 Å². The molecule has 7 heteroatoms. The Kier molecular flexibility index (Phi) is 4.72.